The normalized spacial score (nSPS) is 10.6. The number of rotatable bonds is 6. The summed E-state index contributed by atoms with van der Waals surface area (Å²) in [5.74, 6) is 1.81. The molecule has 0 radical (unpaired) electrons. The van der Waals surface area contributed by atoms with Gasteiger partial charge in [0.1, 0.15) is 18.1 Å². The molecule has 1 aromatic carbocycles. The summed E-state index contributed by atoms with van der Waals surface area (Å²) in [6, 6.07) is 9.90. The Morgan fingerprint density at radius 1 is 1.33 bits per heavy atom. The molecule has 0 bridgehead atoms. The van der Waals surface area contributed by atoms with E-state index in [1.165, 1.54) is 5.56 Å². The summed E-state index contributed by atoms with van der Waals surface area (Å²) in [5.41, 5.74) is 1.21. The number of hydrogen-bond donors (Lipinski definition) is 1. The quantitative estimate of drug-likeness (QED) is 0.829. The monoisotopic (exact) mass is 309 g/mol. The fourth-order valence-electron chi connectivity index (χ4n) is 1.58. The number of furan rings is 1. The number of halogens is 1. The third-order valence-corrected chi connectivity index (χ3v) is 3.12. The van der Waals surface area contributed by atoms with Crippen molar-refractivity contribution in [2.24, 2.45) is 0 Å². The highest BCUT2D eigenvalue weighted by molar-refractivity contribution is 9.10. The van der Waals surface area contributed by atoms with Crippen LogP contribution in [0.15, 0.2) is 45.5 Å². The van der Waals surface area contributed by atoms with Crippen LogP contribution in [0.4, 0.5) is 0 Å². The van der Waals surface area contributed by atoms with Gasteiger partial charge in [0, 0.05) is 6.54 Å². The highest BCUT2D eigenvalue weighted by Crippen LogP contribution is 2.25. The van der Waals surface area contributed by atoms with Crippen LogP contribution in [0.25, 0.3) is 0 Å². The van der Waals surface area contributed by atoms with Crippen LogP contribution in [0.2, 0.25) is 0 Å². The molecule has 2 rings (SSSR count). The Morgan fingerprint density at radius 3 is 2.94 bits per heavy atom. The molecule has 0 aliphatic carbocycles. The van der Waals surface area contributed by atoms with Crippen molar-refractivity contribution in [2.45, 2.75) is 13.5 Å². The molecule has 0 aliphatic rings. The van der Waals surface area contributed by atoms with Gasteiger partial charge in [0.25, 0.3) is 0 Å². The number of hydrogen-bond acceptors (Lipinski definition) is 3. The van der Waals surface area contributed by atoms with Crippen molar-refractivity contribution in [1.82, 2.24) is 5.32 Å². The van der Waals surface area contributed by atoms with Gasteiger partial charge in [-0.25, -0.2) is 0 Å². The Bertz CT molecular complexity index is 483. The molecule has 18 heavy (non-hydrogen) atoms. The molecule has 0 spiro atoms. The molecule has 0 atom stereocenters. The van der Waals surface area contributed by atoms with Crippen LogP contribution in [-0.2, 0) is 6.54 Å². The van der Waals surface area contributed by atoms with Gasteiger partial charge >= 0.3 is 0 Å². The zero-order chi connectivity index (χ0) is 12.8. The van der Waals surface area contributed by atoms with Crippen LogP contribution in [0.3, 0.4) is 0 Å². The van der Waals surface area contributed by atoms with E-state index in [0.717, 1.165) is 29.1 Å². The zero-order valence-electron chi connectivity index (χ0n) is 10.3. The van der Waals surface area contributed by atoms with Crippen molar-refractivity contribution in [2.75, 3.05) is 13.2 Å². The summed E-state index contributed by atoms with van der Waals surface area (Å²) in [6.45, 7) is 4.19. The molecule has 1 heterocycles. The van der Waals surface area contributed by atoms with E-state index in [1.54, 1.807) is 6.26 Å². The first kappa shape index (κ1) is 13.2. The average molecular weight is 310 g/mol. The minimum atomic E-state index is 0.627. The Balaban J connectivity index is 1.69. The molecule has 0 amide bonds. The van der Waals surface area contributed by atoms with Crippen LogP contribution in [0, 0.1) is 6.92 Å². The van der Waals surface area contributed by atoms with Crippen LogP contribution in [-0.4, -0.2) is 13.2 Å². The van der Waals surface area contributed by atoms with E-state index in [9.17, 15) is 0 Å². The number of aryl methyl sites for hydroxylation is 1. The topological polar surface area (TPSA) is 34.4 Å². The summed E-state index contributed by atoms with van der Waals surface area (Å²) in [5, 5.41) is 3.25. The maximum atomic E-state index is 5.67. The smallest absolute Gasteiger partial charge is 0.133 e. The molecule has 0 unspecified atom stereocenters. The lowest BCUT2D eigenvalue weighted by Gasteiger charge is -2.09. The Morgan fingerprint density at radius 2 is 2.22 bits per heavy atom. The highest BCUT2D eigenvalue weighted by Gasteiger charge is 2.00. The number of ether oxygens (including phenoxy) is 1. The molecule has 1 aromatic heterocycles. The largest absolute Gasteiger partial charge is 0.491 e. The van der Waals surface area contributed by atoms with E-state index in [-0.39, 0.29) is 0 Å². The van der Waals surface area contributed by atoms with Crippen molar-refractivity contribution < 1.29 is 9.15 Å². The van der Waals surface area contributed by atoms with Gasteiger partial charge in [-0.05, 0) is 52.7 Å². The summed E-state index contributed by atoms with van der Waals surface area (Å²) >= 11 is 3.49. The van der Waals surface area contributed by atoms with Gasteiger partial charge in [-0.1, -0.05) is 6.07 Å². The van der Waals surface area contributed by atoms with E-state index in [0.29, 0.717) is 6.61 Å². The van der Waals surface area contributed by atoms with Crippen molar-refractivity contribution in [3.63, 3.8) is 0 Å². The van der Waals surface area contributed by atoms with Gasteiger partial charge in [0.05, 0.1) is 17.3 Å². The lowest BCUT2D eigenvalue weighted by atomic mass is 10.2. The van der Waals surface area contributed by atoms with Gasteiger partial charge < -0.3 is 14.5 Å². The van der Waals surface area contributed by atoms with E-state index in [1.807, 2.05) is 30.3 Å². The van der Waals surface area contributed by atoms with Gasteiger partial charge in [0.2, 0.25) is 0 Å². The predicted molar refractivity (Wildman–Crippen MR) is 74.8 cm³/mol. The predicted octanol–water partition coefficient (Wildman–Crippen LogP) is 3.52. The minimum absolute atomic E-state index is 0.627. The van der Waals surface area contributed by atoms with Crippen LogP contribution in [0.1, 0.15) is 11.3 Å². The molecule has 3 nitrogen and oxygen atoms in total. The Hall–Kier alpha value is -1.26. The minimum Gasteiger partial charge on any atom is -0.491 e. The van der Waals surface area contributed by atoms with E-state index < -0.39 is 0 Å². The SMILES string of the molecule is Cc1ccc(OCCNCc2ccco2)c(Br)c1. The standard InChI is InChI=1S/C14H16BrNO2/c1-11-4-5-14(13(15)9-11)18-8-6-16-10-12-3-2-7-17-12/h2-5,7,9,16H,6,8,10H2,1H3. The maximum absolute atomic E-state index is 5.67. The van der Waals surface area contributed by atoms with Crippen LogP contribution >= 0.6 is 15.9 Å². The first-order chi connectivity index (χ1) is 8.75. The first-order valence-corrected chi connectivity index (χ1v) is 6.67. The molecule has 2 aromatic rings. The lowest BCUT2D eigenvalue weighted by molar-refractivity contribution is 0.309. The van der Waals surface area contributed by atoms with Crippen molar-refractivity contribution in [1.29, 1.82) is 0 Å². The molecule has 0 aliphatic heterocycles. The summed E-state index contributed by atoms with van der Waals surface area (Å²) < 4.78 is 11.9. The van der Waals surface area contributed by atoms with Crippen LogP contribution in [0.5, 0.6) is 5.75 Å². The molecular weight excluding hydrogens is 294 g/mol. The van der Waals surface area contributed by atoms with Gasteiger partial charge in [-0.3, -0.25) is 0 Å². The summed E-state index contributed by atoms with van der Waals surface area (Å²) in [4.78, 5) is 0. The molecule has 0 saturated carbocycles. The van der Waals surface area contributed by atoms with E-state index >= 15 is 0 Å². The van der Waals surface area contributed by atoms with Crippen molar-refractivity contribution >= 4 is 15.9 Å². The average Bonchev–Trinajstić information content (AvgIpc) is 2.84. The molecule has 1 N–H and O–H groups in total. The molecular formula is C14H16BrNO2. The molecule has 0 fully saturated rings. The third kappa shape index (κ3) is 3.89. The van der Waals surface area contributed by atoms with E-state index in [4.69, 9.17) is 9.15 Å². The van der Waals surface area contributed by atoms with Crippen molar-refractivity contribution in [3.05, 3.63) is 52.4 Å². The fraction of sp³-hybridized carbons (Fsp3) is 0.286. The fourth-order valence-corrected chi connectivity index (χ4v) is 2.19. The third-order valence-electron chi connectivity index (χ3n) is 2.50. The molecule has 4 heteroatoms. The molecule has 0 saturated heterocycles. The number of benzene rings is 1. The number of nitrogens with one attached hydrogen (secondary N) is 1. The first-order valence-electron chi connectivity index (χ1n) is 5.88. The van der Waals surface area contributed by atoms with E-state index in [2.05, 4.69) is 28.2 Å². The van der Waals surface area contributed by atoms with Gasteiger partial charge in [-0.15, -0.1) is 0 Å². The summed E-state index contributed by atoms with van der Waals surface area (Å²) in [7, 11) is 0. The van der Waals surface area contributed by atoms with Gasteiger partial charge in [0.15, 0.2) is 0 Å². The maximum Gasteiger partial charge on any atom is 0.133 e. The zero-order valence-corrected chi connectivity index (χ0v) is 11.9. The second kappa shape index (κ2) is 6.61. The van der Waals surface area contributed by atoms with Crippen molar-refractivity contribution in [3.8, 4) is 5.75 Å². The Labute approximate surface area is 115 Å². The Kier molecular flexibility index (Phi) is 4.84. The second-order valence-corrected chi connectivity index (χ2v) is 4.89. The molecule has 96 valence electrons. The second-order valence-electron chi connectivity index (χ2n) is 4.04. The summed E-state index contributed by atoms with van der Waals surface area (Å²) in [6.07, 6.45) is 1.68. The van der Waals surface area contributed by atoms with Gasteiger partial charge in [-0.2, -0.15) is 0 Å². The van der Waals surface area contributed by atoms with Crippen LogP contribution < -0.4 is 10.1 Å². The lowest BCUT2D eigenvalue weighted by Crippen LogP contribution is -2.20. The highest BCUT2D eigenvalue weighted by atomic mass is 79.9.